The first-order valence-corrected chi connectivity index (χ1v) is 14.5. The highest BCUT2D eigenvalue weighted by Crippen LogP contribution is 2.32. The number of likely N-dealkylation sites (N-methyl/N-ethyl adjacent to an activating group) is 1. The van der Waals surface area contributed by atoms with E-state index in [9.17, 15) is 18.0 Å². The van der Waals surface area contributed by atoms with Crippen molar-refractivity contribution in [3.63, 3.8) is 0 Å². The van der Waals surface area contributed by atoms with E-state index in [0.29, 0.717) is 22.9 Å². The van der Waals surface area contributed by atoms with Crippen molar-refractivity contribution in [1.29, 1.82) is 0 Å². The highest BCUT2D eigenvalue weighted by Gasteiger charge is 2.33. The van der Waals surface area contributed by atoms with Gasteiger partial charge < -0.3 is 19.7 Å². The van der Waals surface area contributed by atoms with Crippen molar-refractivity contribution < 1.29 is 27.5 Å². The Labute approximate surface area is 240 Å². The molecule has 0 unspecified atom stereocenters. The van der Waals surface area contributed by atoms with Gasteiger partial charge in [0.05, 0.1) is 24.8 Å². The van der Waals surface area contributed by atoms with Gasteiger partial charge in [-0.2, -0.15) is 0 Å². The summed E-state index contributed by atoms with van der Waals surface area (Å²) < 4.78 is 39.6. The number of hydrogen-bond acceptors (Lipinski definition) is 6. The SMILES string of the molecule is CCNC(=O)[C@@H](C)N(Cc1ccccc1Cl)C(=O)CN(c1ccc(C)cc1)S(=O)(=O)c1ccc(OC)c(OC)c1. The van der Waals surface area contributed by atoms with Gasteiger partial charge in [-0.05, 0) is 56.7 Å². The predicted molar refractivity (Wildman–Crippen MR) is 155 cm³/mol. The van der Waals surface area contributed by atoms with Crippen molar-refractivity contribution in [1.82, 2.24) is 10.2 Å². The smallest absolute Gasteiger partial charge is 0.264 e. The molecule has 11 heteroatoms. The van der Waals surface area contributed by atoms with E-state index in [1.807, 2.05) is 6.92 Å². The molecule has 9 nitrogen and oxygen atoms in total. The number of hydrogen-bond donors (Lipinski definition) is 1. The van der Waals surface area contributed by atoms with Crippen molar-refractivity contribution >= 4 is 39.1 Å². The van der Waals surface area contributed by atoms with Gasteiger partial charge in [-0.15, -0.1) is 0 Å². The van der Waals surface area contributed by atoms with Crippen LogP contribution in [0.5, 0.6) is 11.5 Å². The number of anilines is 1. The number of sulfonamides is 1. The molecule has 0 aliphatic heterocycles. The Morgan fingerprint density at radius 2 is 1.62 bits per heavy atom. The maximum atomic E-state index is 14.0. The average molecular weight is 588 g/mol. The molecule has 3 aromatic carbocycles. The Morgan fingerprint density at radius 3 is 2.23 bits per heavy atom. The Bertz CT molecular complexity index is 1450. The molecule has 0 bridgehead atoms. The van der Waals surface area contributed by atoms with Crippen LogP contribution < -0.4 is 19.1 Å². The fourth-order valence-electron chi connectivity index (χ4n) is 4.06. The van der Waals surface area contributed by atoms with Gasteiger partial charge in [0, 0.05) is 24.2 Å². The summed E-state index contributed by atoms with van der Waals surface area (Å²) in [6.45, 7) is 5.07. The number of ether oxygens (including phenoxy) is 2. The Hall–Kier alpha value is -3.76. The number of carbonyl (C=O) groups is 2. The van der Waals surface area contributed by atoms with Crippen LogP contribution in [0.15, 0.2) is 71.6 Å². The maximum absolute atomic E-state index is 14.0. The molecule has 40 heavy (non-hydrogen) atoms. The summed E-state index contributed by atoms with van der Waals surface area (Å²) in [5.41, 5.74) is 1.83. The van der Waals surface area contributed by atoms with Crippen LogP contribution in [-0.4, -0.2) is 58.5 Å². The molecule has 1 atom stereocenters. The standard InChI is InChI=1S/C29H34ClN3O6S/c1-6-31-29(35)21(3)32(18-22-9-7-8-10-25(22)30)28(34)19-33(23-13-11-20(2)12-14-23)40(36,37)24-15-16-26(38-4)27(17-24)39-5/h7-17,21H,6,18-19H2,1-5H3,(H,31,35)/t21-/m1/s1. The fraction of sp³-hybridized carbons (Fsp3) is 0.310. The molecule has 214 valence electrons. The van der Waals surface area contributed by atoms with Crippen LogP contribution in [0.3, 0.4) is 0 Å². The summed E-state index contributed by atoms with van der Waals surface area (Å²) in [7, 11) is -1.41. The normalized spacial score (nSPS) is 11.8. The molecular formula is C29H34ClN3O6S. The predicted octanol–water partition coefficient (Wildman–Crippen LogP) is 4.41. The molecule has 3 rings (SSSR count). The number of rotatable bonds is 12. The lowest BCUT2D eigenvalue weighted by atomic mass is 10.1. The minimum absolute atomic E-state index is 0.00888. The summed E-state index contributed by atoms with van der Waals surface area (Å²) in [5.74, 6) is -0.360. The minimum Gasteiger partial charge on any atom is -0.493 e. The van der Waals surface area contributed by atoms with E-state index in [0.717, 1.165) is 9.87 Å². The second kappa shape index (κ2) is 13.5. The lowest BCUT2D eigenvalue weighted by molar-refractivity contribution is -0.139. The number of benzene rings is 3. The van der Waals surface area contributed by atoms with Crippen LogP contribution >= 0.6 is 11.6 Å². The molecule has 2 amide bonds. The summed E-state index contributed by atoms with van der Waals surface area (Å²) in [6.07, 6.45) is 0. The van der Waals surface area contributed by atoms with Crippen LogP contribution in [0.1, 0.15) is 25.0 Å². The molecule has 0 heterocycles. The van der Waals surface area contributed by atoms with Crippen LogP contribution in [0.4, 0.5) is 5.69 Å². The zero-order chi connectivity index (χ0) is 29.4. The van der Waals surface area contributed by atoms with E-state index in [1.54, 1.807) is 62.4 Å². The number of nitrogens with zero attached hydrogens (tertiary/aromatic N) is 2. The van der Waals surface area contributed by atoms with Gasteiger partial charge in [-0.1, -0.05) is 47.5 Å². The average Bonchev–Trinajstić information content (AvgIpc) is 2.95. The summed E-state index contributed by atoms with van der Waals surface area (Å²) >= 11 is 6.37. The molecule has 0 aliphatic carbocycles. The number of halogens is 1. The lowest BCUT2D eigenvalue weighted by Crippen LogP contribution is -2.51. The number of methoxy groups -OCH3 is 2. The zero-order valence-electron chi connectivity index (χ0n) is 23.2. The van der Waals surface area contributed by atoms with E-state index in [1.165, 1.54) is 37.3 Å². The summed E-state index contributed by atoms with van der Waals surface area (Å²) in [5, 5.41) is 3.16. The molecule has 3 aromatic rings. The highest BCUT2D eigenvalue weighted by molar-refractivity contribution is 7.92. The first kappa shape index (κ1) is 30.8. The second-order valence-electron chi connectivity index (χ2n) is 9.05. The molecule has 0 spiro atoms. The van der Waals surface area contributed by atoms with Crippen LogP contribution in [0.2, 0.25) is 5.02 Å². The lowest BCUT2D eigenvalue weighted by Gasteiger charge is -2.32. The first-order valence-electron chi connectivity index (χ1n) is 12.7. The van der Waals surface area contributed by atoms with Gasteiger partial charge in [-0.25, -0.2) is 8.42 Å². The third-order valence-corrected chi connectivity index (χ3v) is 8.50. The van der Waals surface area contributed by atoms with Crippen molar-refractivity contribution in [3.05, 3.63) is 82.9 Å². The molecule has 0 aliphatic rings. The van der Waals surface area contributed by atoms with Crippen LogP contribution in [0.25, 0.3) is 0 Å². The molecule has 0 radical (unpaired) electrons. The number of carbonyl (C=O) groups excluding carboxylic acids is 2. The Morgan fingerprint density at radius 1 is 0.975 bits per heavy atom. The van der Waals surface area contributed by atoms with Crippen molar-refractivity contribution in [3.8, 4) is 11.5 Å². The third-order valence-electron chi connectivity index (χ3n) is 6.36. The minimum atomic E-state index is -4.27. The molecule has 0 saturated carbocycles. The summed E-state index contributed by atoms with van der Waals surface area (Å²) in [6, 6.07) is 17.1. The van der Waals surface area contributed by atoms with Crippen molar-refractivity contribution in [2.45, 2.75) is 38.3 Å². The van der Waals surface area contributed by atoms with Gasteiger partial charge in [0.1, 0.15) is 12.6 Å². The Kier molecular flexibility index (Phi) is 10.4. The molecular weight excluding hydrogens is 554 g/mol. The van der Waals surface area contributed by atoms with E-state index >= 15 is 0 Å². The van der Waals surface area contributed by atoms with Gasteiger partial charge in [0.15, 0.2) is 11.5 Å². The molecule has 0 fully saturated rings. The van der Waals surface area contributed by atoms with Gasteiger partial charge in [-0.3, -0.25) is 13.9 Å². The van der Waals surface area contributed by atoms with Gasteiger partial charge in [0.2, 0.25) is 11.8 Å². The third kappa shape index (κ3) is 7.05. The quantitative estimate of drug-likeness (QED) is 0.336. The topological polar surface area (TPSA) is 105 Å². The molecule has 0 aromatic heterocycles. The maximum Gasteiger partial charge on any atom is 0.264 e. The number of aryl methyl sites for hydroxylation is 1. The van der Waals surface area contributed by atoms with E-state index in [2.05, 4.69) is 5.32 Å². The van der Waals surface area contributed by atoms with Gasteiger partial charge in [0.25, 0.3) is 10.0 Å². The Balaban J connectivity index is 2.08. The zero-order valence-corrected chi connectivity index (χ0v) is 24.8. The van der Waals surface area contributed by atoms with Crippen molar-refractivity contribution in [2.75, 3.05) is 31.6 Å². The largest absolute Gasteiger partial charge is 0.493 e. The van der Waals surface area contributed by atoms with Gasteiger partial charge >= 0.3 is 0 Å². The molecule has 0 saturated heterocycles. The fourth-order valence-corrected chi connectivity index (χ4v) is 5.68. The van der Waals surface area contributed by atoms with E-state index < -0.39 is 28.5 Å². The first-order chi connectivity index (χ1) is 19.0. The van der Waals surface area contributed by atoms with Crippen molar-refractivity contribution in [2.24, 2.45) is 0 Å². The second-order valence-corrected chi connectivity index (χ2v) is 11.3. The van der Waals surface area contributed by atoms with E-state index in [4.69, 9.17) is 21.1 Å². The van der Waals surface area contributed by atoms with Crippen LogP contribution in [0, 0.1) is 6.92 Å². The summed E-state index contributed by atoms with van der Waals surface area (Å²) in [4.78, 5) is 28.0. The highest BCUT2D eigenvalue weighted by atomic mass is 35.5. The molecule has 1 N–H and O–H groups in total. The van der Waals surface area contributed by atoms with Crippen LogP contribution in [-0.2, 0) is 26.2 Å². The number of nitrogens with one attached hydrogen (secondary N) is 1. The monoisotopic (exact) mass is 587 g/mol. The van der Waals surface area contributed by atoms with E-state index in [-0.39, 0.29) is 28.8 Å². The number of amides is 2.